The number of nitrogens with one attached hydrogen (secondary N) is 1. The lowest BCUT2D eigenvalue weighted by Crippen LogP contribution is -2.34. The Morgan fingerprint density at radius 3 is 2.25 bits per heavy atom. The molecule has 0 spiro atoms. The monoisotopic (exact) mass is 171 g/mol. The van der Waals surface area contributed by atoms with Crippen molar-refractivity contribution in [2.75, 3.05) is 13.7 Å². The molecule has 2 nitrogen and oxygen atoms in total. The van der Waals surface area contributed by atoms with Crippen LogP contribution in [-0.4, -0.2) is 25.3 Å². The van der Waals surface area contributed by atoms with E-state index < -0.39 is 0 Å². The van der Waals surface area contributed by atoms with Gasteiger partial charge in [0, 0.05) is 0 Å². The highest BCUT2D eigenvalue weighted by Gasteiger charge is 2.14. The molecule has 0 aromatic carbocycles. The number of hydrogen-bond donors (Lipinski definition) is 1. The highest BCUT2D eigenvalue weighted by Crippen LogP contribution is 2.09. The van der Waals surface area contributed by atoms with Crippen LogP contribution < -0.4 is 5.32 Å². The molecule has 0 aliphatic carbocycles. The van der Waals surface area contributed by atoms with Crippen molar-refractivity contribution in [1.29, 1.82) is 0 Å². The van der Waals surface area contributed by atoms with E-state index in [9.17, 15) is 0 Å². The second-order valence-electron chi connectivity index (χ2n) is 4.11. The molecule has 0 rings (SSSR count). The van der Waals surface area contributed by atoms with Gasteiger partial charge in [0.05, 0.1) is 18.2 Å². The van der Waals surface area contributed by atoms with E-state index in [1.165, 1.54) is 0 Å². The molecular formula is C10H21NO. The molecule has 0 saturated carbocycles. The summed E-state index contributed by atoms with van der Waals surface area (Å²) in [5, 5.41) is 3.15. The summed E-state index contributed by atoms with van der Waals surface area (Å²) in [4.78, 5) is 0. The summed E-state index contributed by atoms with van der Waals surface area (Å²) in [6.07, 6.45) is 0. The lowest BCUT2D eigenvalue weighted by atomic mass is 10.1. The summed E-state index contributed by atoms with van der Waals surface area (Å²) >= 11 is 0. The molecule has 12 heavy (non-hydrogen) atoms. The summed E-state index contributed by atoms with van der Waals surface area (Å²) in [5.41, 5.74) is 1.05. The van der Waals surface area contributed by atoms with Gasteiger partial charge < -0.3 is 10.1 Å². The third-order valence-corrected chi connectivity index (χ3v) is 1.63. The Labute approximate surface area is 76.0 Å². The quantitative estimate of drug-likeness (QED) is 0.653. The summed E-state index contributed by atoms with van der Waals surface area (Å²) in [5.74, 6) is 0. The molecular weight excluding hydrogens is 150 g/mol. The van der Waals surface area contributed by atoms with Gasteiger partial charge in [0.1, 0.15) is 0 Å². The number of likely N-dealkylation sites (N-methyl/N-ethyl adjacent to an activating group) is 1. The van der Waals surface area contributed by atoms with E-state index in [0.717, 1.165) is 5.57 Å². The molecule has 0 fully saturated rings. The van der Waals surface area contributed by atoms with Gasteiger partial charge in [-0.05, 0) is 34.7 Å². The first kappa shape index (κ1) is 11.7. The van der Waals surface area contributed by atoms with Crippen LogP contribution >= 0.6 is 0 Å². The van der Waals surface area contributed by atoms with Crippen LogP contribution in [0.15, 0.2) is 12.2 Å². The lowest BCUT2D eigenvalue weighted by molar-refractivity contribution is -0.00928. The Balaban J connectivity index is 3.81. The maximum atomic E-state index is 5.62. The summed E-state index contributed by atoms with van der Waals surface area (Å²) in [6.45, 7) is 12.7. The van der Waals surface area contributed by atoms with Gasteiger partial charge >= 0.3 is 0 Å². The molecule has 2 heteroatoms. The Hall–Kier alpha value is -0.340. The lowest BCUT2D eigenvalue weighted by Gasteiger charge is -2.24. The second-order valence-corrected chi connectivity index (χ2v) is 4.11. The summed E-state index contributed by atoms with van der Waals surface area (Å²) in [7, 11) is 1.92. The Kier molecular flexibility index (Phi) is 4.50. The summed E-state index contributed by atoms with van der Waals surface area (Å²) in [6, 6.07) is 0.268. The predicted octanol–water partition coefficient (Wildman–Crippen LogP) is 1.97. The molecule has 0 aliphatic heterocycles. The molecule has 0 aromatic heterocycles. The van der Waals surface area contributed by atoms with Gasteiger partial charge in [-0.25, -0.2) is 0 Å². The van der Waals surface area contributed by atoms with Crippen molar-refractivity contribution in [2.24, 2.45) is 0 Å². The van der Waals surface area contributed by atoms with Gasteiger partial charge in [-0.2, -0.15) is 0 Å². The highest BCUT2D eigenvalue weighted by atomic mass is 16.5. The van der Waals surface area contributed by atoms with E-state index in [1.54, 1.807) is 0 Å². The molecule has 0 saturated heterocycles. The minimum absolute atomic E-state index is 0.0649. The largest absolute Gasteiger partial charge is 0.374 e. The average Bonchev–Trinajstić information content (AvgIpc) is 1.85. The second kappa shape index (κ2) is 4.63. The van der Waals surface area contributed by atoms with Crippen molar-refractivity contribution >= 4 is 0 Å². The van der Waals surface area contributed by atoms with E-state index >= 15 is 0 Å². The van der Waals surface area contributed by atoms with Crippen LogP contribution in [0.25, 0.3) is 0 Å². The zero-order valence-corrected chi connectivity index (χ0v) is 8.90. The van der Waals surface area contributed by atoms with Crippen LogP contribution in [0.1, 0.15) is 27.7 Å². The van der Waals surface area contributed by atoms with E-state index in [2.05, 4.69) is 32.7 Å². The van der Waals surface area contributed by atoms with Crippen molar-refractivity contribution < 1.29 is 4.74 Å². The predicted molar refractivity (Wildman–Crippen MR) is 53.4 cm³/mol. The van der Waals surface area contributed by atoms with E-state index in [0.29, 0.717) is 6.61 Å². The number of rotatable bonds is 4. The van der Waals surface area contributed by atoms with Gasteiger partial charge in [-0.15, -0.1) is 0 Å². The molecule has 0 amide bonds. The first-order chi connectivity index (χ1) is 5.37. The maximum Gasteiger partial charge on any atom is 0.0665 e. The van der Waals surface area contributed by atoms with E-state index in [1.807, 2.05) is 14.0 Å². The Bertz CT molecular complexity index is 146. The van der Waals surface area contributed by atoms with Crippen LogP contribution in [0.3, 0.4) is 0 Å². The summed E-state index contributed by atoms with van der Waals surface area (Å²) < 4.78 is 5.62. The van der Waals surface area contributed by atoms with Crippen LogP contribution in [0.2, 0.25) is 0 Å². The zero-order chi connectivity index (χ0) is 9.78. The first-order valence-corrected chi connectivity index (χ1v) is 4.33. The van der Waals surface area contributed by atoms with Gasteiger partial charge in [0.15, 0.2) is 0 Å². The molecule has 1 atom stereocenters. The van der Waals surface area contributed by atoms with Gasteiger partial charge in [-0.3, -0.25) is 0 Å². The molecule has 1 unspecified atom stereocenters. The molecule has 0 heterocycles. The van der Waals surface area contributed by atoms with Crippen LogP contribution in [0.5, 0.6) is 0 Å². The average molecular weight is 171 g/mol. The third kappa shape index (κ3) is 5.33. The Morgan fingerprint density at radius 2 is 2.00 bits per heavy atom. The van der Waals surface area contributed by atoms with Crippen molar-refractivity contribution in [1.82, 2.24) is 5.32 Å². The topological polar surface area (TPSA) is 21.3 Å². The molecule has 1 N–H and O–H groups in total. The fourth-order valence-corrected chi connectivity index (χ4v) is 0.805. The fourth-order valence-electron chi connectivity index (χ4n) is 0.805. The normalized spacial score (nSPS) is 14.4. The molecule has 0 radical (unpaired) electrons. The van der Waals surface area contributed by atoms with Crippen molar-refractivity contribution in [3.63, 3.8) is 0 Å². The fraction of sp³-hybridized carbons (Fsp3) is 0.800. The van der Waals surface area contributed by atoms with Crippen LogP contribution in [0, 0.1) is 0 Å². The standard InChI is InChI=1S/C10H21NO/c1-8(2)9(11-6)7-12-10(3,4)5/h9,11H,1,7H2,2-6H3. The smallest absolute Gasteiger partial charge is 0.0665 e. The molecule has 0 bridgehead atoms. The number of ether oxygens (including phenoxy) is 1. The van der Waals surface area contributed by atoms with Crippen molar-refractivity contribution in [3.05, 3.63) is 12.2 Å². The van der Waals surface area contributed by atoms with E-state index in [-0.39, 0.29) is 11.6 Å². The number of hydrogen-bond acceptors (Lipinski definition) is 2. The zero-order valence-electron chi connectivity index (χ0n) is 8.90. The maximum absolute atomic E-state index is 5.62. The van der Waals surface area contributed by atoms with Crippen LogP contribution in [-0.2, 0) is 4.74 Å². The minimum atomic E-state index is -0.0649. The van der Waals surface area contributed by atoms with E-state index in [4.69, 9.17) is 4.74 Å². The van der Waals surface area contributed by atoms with Crippen molar-refractivity contribution in [3.8, 4) is 0 Å². The molecule has 72 valence electrons. The van der Waals surface area contributed by atoms with Gasteiger partial charge in [0.2, 0.25) is 0 Å². The van der Waals surface area contributed by atoms with Crippen molar-refractivity contribution in [2.45, 2.75) is 39.3 Å². The van der Waals surface area contributed by atoms with Gasteiger partial charge in [-0.1, -0.05) is 12.2 Å². The SMILES string of the molecule is C=C(C)C(COC(C)(C)C)NC. The molecule has 0 aromatic rings. The first-order valence-electron chi connectivity index (χ1n) is 4.33. The van der Waals surface area contributed by atoms with Gasteiger partial charge in [0.25, 0.3) is 0 Å². The Morgan fingerprint density at radius 1 is 1.50 bits per heavy atom. The van der Waals surface area contributed by atoms with Crippen LogP contribution in [0.4, 0.5) is 0 Å². The molecule has 0 aliphatic rings. The highest BCUT2D eigenvalue weighted by molar-refractivity contribution is 5.01. The third-order valence-electron chi connectivity index (χ3n) is 1.63. The minimum Gasteiger partial charge on any atom is -0.374 e.